The van der Waals surface area contributed by atoms with Crippen LogP contribution in [0.4, 0.5) is 16.2 Å². The van der Waals surface area contributed by atoms with Crippen LogP contribution in [-0.4, -0.2) is 21.2 Å². The number of aromatic nitrogens is 3. The normalized spacial score (nSPS) is 10.6. The summed E-state index contributed by atoms with van der Waals surface area (Å²) in [7, 11) is 0. The van der Waals surface area contributed by atoms with Crippen LogP contribution in [0, 0.1) is 20.8 Å². The van der Waals surface area contributed by atoms with Gasteiger partial charge >= 0.3 is 6.03 Å². The smallest absolute Gasteiger partial charge is 0.323 e. The van der Waals surface area contributed by atoms with E-state index in [1.54, 1.807) is 18.3 Å². The summed E-state index contributed by atoms with van der Waals surface area (Å²) in [4.78, 5) is 16.3. The first-order chi connectivity index (χ1) is 11.0. The maximum Gasteiger partial charge on any atom is 0.323 e. The van der Waals surface area contributed by atoms with Crippen molar-refractivity contribution >= 4 is 17.4 Å². The van der Waals surface area contributed by atoms with E-state index >= 15 is 0 Å². The van der Waals surface area contributed by atoms with Crippen LogP contribution in [0.25, 0.3) is 11.5 Å². The highest BCUT2D eigenvalue weighted by Crippen LogP contribution is 2.23. The van der Waals surface area contributed by atoms with E-state index in [9.17, 15) is 4.79 Å². The highest BCUT2D eigenvalue weighted by atomic mass is 16.4. The predicted molar refractivity (Wildman–Crippen MR) is 87.4 cm³/mol. The summed E-state index contributed by atoms with van der Waals surface area (Å²) in [6.45, 7) is 5.51. The van der Waals surface area contributed by atoms with E-state index in [1.807, 2.05) is 32.9 Å². The first-order valence-electron chi connectivity index (χ1n) is 7.15. The van der Waals surface area contributed by atoms with Crippen LogP contribution < -0.4 is 10.6 Å². The molecule has 0 aliphatic carbocycles. The van der Waals surface area contributed by atoms with Crippen molar-refractivity contribution in [1.82, 2.24) is 15.2 Å². The Balaban J connectivity index is 1.74. The third kappa shape index (κ3) is 3.23. The van der Waals surface area contributed by atoms with Gasteiger partial charge in [0, 0.05) is 11.3 Å². The van der Waals surface area contributed by atoms with Gasteiger partial charge in [0.2, 0.25) is 5.89 Å². The molecule has 0 saturated heterocycles. The van der Waals surface area contributed by atoms with Crippen molar-refractivity contribution in [3.8, 4) is 11.5 Å². The molecular weight excluding hydrogens is 294 g/mol. The number of carbonyl (C=O) groups is 1. The summed E-state index contributed by atoms with van der Waals surface area (Å²) in [5.41, 5.74) is 3.67. The SMILES string of the molecule is Cc1cnc(-c2cccc(NC(=O)Nc3c(C)n[nH]c3C)c2)o1. The second kappa shape index (κ2) is 5.96. The van der Waals surface area contributed by atoms with Gasteiger partial charge in [-0.3, -0.25) is 5.10 Å². The van der Waals surface area contributed by atoms with Gasteiger partial charge in [0.05, 0.1) is 23.3 Å². The molecule has 7 heteroatoms. The molecule has 2 amide bonds. The van der Waals surface area contributed by atoms with Crippen molar-refractivity contribution in [3.05, 3.63) is 47.6 Å². The monoisotopic (exact) mass is 311 g/mol. The topological polar surface area (TPSA) is 95.8 Å². The average Bonchev–Trinajstić information content (AvgIpc) is 3.08. The van der Waals surface area contributed by atoms with E-state index in [-0.39, 0.29) is 6.03 Å². The van der Waals surface area contributed by atoms with Gasteiger partial charge in [-0.15, -0.1) is 0 Å². The number of hydrogen-bond acceptors (Lipinski definition) is 4. The van der Waals surface area contributed by atoms with Gasteiger partial charge in [0.25, 0.3) is 0 Å². The molecule has 23 heavy (non-hydrogen) atoms. The summed E-state index contributed by atoms with van der Waals surface area (Å²) in [6.07, 6.45) is 1.66. The molecule has 0 aliphatic heterocycles. The van der Waals surface area contributed by atoms with Crippen LogP contribution >= 0.6 is 0 Å². The zero-order valence-electron chi connectivity index (χ0n) is 13.1. The van der Waals surface area contributed by atoms with Crippen molar-refractivity contribution in [3.63, 3.8) is 0 Å². The number of aryl methyl sites for hydroxylation is 3. The van der Waals surface area contributed by atoms with Crippen molar-refractivity contribution in [2.75, 3.05) is 10.6 Å². The minimum Gasteiger partial charge on any atom is -0.441 e. The van der Waals surface area contributed by atoms with Crippen LogP contribution in [0.15, 0.2) is 34.9 Å². The summed E-state index contributed by atoms with van der Waals surface area (Å²) < 4.78 is 5.49. The van der Waals surface area contributed by atoms with Crippen LogP contribution in [0.1, 0.15) is 17.1 Å². The molecule has 0 bridgehead atoms. The fourth-order valence-electron chi connectivity index (χ4n) is 2.23. The van der Waals surface area contributed by atoms with Crippen LogP contribution in [0.5, 0.6) is 0 Å². The van der Waals surface area contributed by atoms with Gasteiger partial charge < -0.3 is 15.1 Å². The van der Waals surface area contributed by atoms with Crippen LogP contribution in [0.3, 0.4) is 0 Å². The quantitative estimate of drug-likeness (QED) is 0.688. The summed E-state index contributed by atoms with van der Waals surface area (Å²) >= 11 is 0. The molecule has 118 valence electrons. The Labute approximate surface area is 133 Å². The van der Waals surface area contributed by atoms with Gasteiger partial charge in [0.1, 0.15) is 5.76 Å². The van der Waals surface area contributed by atoms with E-state index in [2.05, 4.69) is 25.8 Å². The van der Waals surface area contributed by atoms with Gasteiger partial charge in [-0.1, -0.05) is 6.07 Å². The molecule has 3 N–H and O–H groups in total. The molecule has 0 atom stereocenters. The molecule has 0 saturated carbocycles. The fraction of sp³-hybridized carbons (Fsp3) is 0.188. The standard InChI is InChI=1S/C16H17N5O2/c1-9-8-17-15(23-9)12-5-4-6-13(7-12)18-16(22)19-14-10(2)20-21-11(14)3/h4-8H,1-3H3,(H,20,21)(H2,18,19,22). The number of rotatable bonds is 3. The number of aromatic amines is 1. The Morgan fingerprint density at radius 2 is 2.04 bits per heavy atom. The van der Waals surface area contributed by atoms with E-state index in [0.29, 0.717) is 17.3 Å². The van der Waals surface area contributed by atoms with Crippen LogP contribution in [-0.2, 0) is 0 Å². The zero-order chi connectivity index (χ0) is 16.4. The summed E-state index contributed by atoms with van der Waals surface area (Å²) in [5, 5.41) is 12.4. The Morgan fingerprint density at radius 3 is 2.70 bits per heavy atom. The molecule has 0 aliphatic rings. The minimum atomic E-state index is -0.335. The van der Waals surface area contributed by atoms with Crippen molar-refractivity contribution < 1.29 is 9.21 Å². The highest BCUT2D eigenvalue weighted by Gasteiger charge is 2.11. The lowest BCUT2D eigenvalue weighted by Gasteiger charge is -2.08. The number of urea groups is 1. The lowest BCUT2D eigenvalue weighted by molar-refractivity contribution is 0.262. The Bertz CT molecular complexity index is 830. The number of benzene rings is 1. The third-order valence-electron chi connectivity index (χ3n) is 3.36. The first kappa shape index (κ1) is 14.8. The number of carbonyl (C=O) groups excluding carboxylic acids is 1. The van der Waals surface area contributed by atoms with Crippen molar-refractivity contribution in [2.24, 2.45) is 0 Å². The van der Waals surface area contributed by atoms with E-state index in [0.717, 1.165) is 22.7 Å². The van der Waals surface area contributed by atoms with Crippen molar-refractivity contribution in [1.29, 1.82) is 0 Å². The van der Waals surface area contributed by atoms with Crippen LogP contribution in [0.2, 0.25) is 0 Å². The number of hydrogen-bond donors (Lipinski definition) is 3. The Hall–Kier alpha value is -3.09. The van der Waals surface area contributed by atoms with E-state index < -0.39 is 0 Å². The van der Waals surface area contributed by atoms with Gasteiger partial charge in [0.15, 0.2) is 0 Å². The number of nitrogens with one attached hydrogen (secondary N) is 3. The molecular formula is C16H17N5O2. The van der Waals surface area contributed by atoms with Crippen molar-refractivity contribution in [2.45, 2.75) is 20.8 Å². The molecule has 3 aromatic rings. The number of H-pyrrole nitrogens is 1. The van der Waals surface area contributed by atoms with E-state index in [4.69, 9.17) is 4.42 Å². The second-order valence-electron chi connectivity index (χ2n) is 5.25. The molecule has 1 aromatic carbocycles. The Morgan fingerprint density at radius 1 is 1.22 bits per heavy atom. The maximum atomic E-state index is 12.1. The molecule has 0 radical (unpaired) electrons. The third-order valence-corrected chi connectivity index (χ3v) is 3.36. The fourth-order valence-corrected chi connectivity index (χ4v) is 2.23. The lowest BCUT2D eigenvalue weighted by atomic mass is 10.2. The largest absolute Gasteiger partial charge is 0.441 e. The number of anilines is 2. The molecule has 2 aromatic heterocycles. The molecule has 0 unspecified atom stereocenters. The summed E-state index contributed by atoms with van der Waals surface area (Å²) in [5.74, 6) is 1.26. The number of nitrogens with zero attached hydrogens (tertiary/aromatic N) is 2. The highest BCUT2D eigenvalue weighted by molar-refractivity contribution is 6.00. The zero-order valence-corrected chi connectivity index (χ0v) is 13.1. The molecule has 0 fully saturated rings. The maximum absolute atomic E-state index is 12.1. The average molecular weight is 311 g/mol. The van der Waals surface area contributed by atoms with Gasteiger partial charge in [-0.2, -0.15) is 5.10 Å². The summed E-state index contributed by atoms with van der Waals surface area (Å²) in [6, 6.07) is 6.98. The molecule has 3 rings (SSSR count). The van der Waals surface area contributed by atoms with Gasteiger partial charge in [-0.25, -0.2) is 9.78 Å². The second-order valence-corrected chi connectivity index (χ2v) is 5.25. The molecule has 0 spiro atoms. The number of oxazole rings is 1. The van der Waals surface area contributed by atoms with E-state index in [1.165, 1.54) is 0 Å². The predicted octanol–water partition coefficient (Wildman–Crippen LogP) is 3.63. The lowest BCUT2D eigenvalue weighted by Crippen LogP contribution is -2.20. The Kier molecular flexibility index (Phi) is 3.84. The first-order valence-corrected chi connectivity index (χ1v) is 7.15. The number of amides is 2. The van der Waals surface area contributed by atoms with Gasteiger partial charge in [-0.05, 0) is 39.0 Å². The molecule has 2 heterocycles. The molecule has 7 nitrogen and oxygen atoms in total. The minimum absolute atomic E-state index is 0.335.